The summed E-state index contributed by atoms with van der Waals surface area (Å²) in [5.74, 6) is -4.97. The van der Waals surface area contributed by atoms with Gasteiger partial charge in [-0.05, 0) is 78.9 Å². The van der Waals surface area contributed by atoms with Gasteiger partial charge in [0, 0.05) is 0 Å². The average Bonchev–Trinajstić information content (AvgIpc) is 3.02. The van der Waals surface area contributed by atoms with Gasteiger partial charge in [-0.15, -0.1) is 0 Å². The standard InChI is InChI=1S/C27H48N9O12.Fe/c1-16(37)34(46)10-4-7-19-25(43)30-14-23(41)28-13-22(40)29-15-24(42)31-20(8-5-11-35(47)17(2)38)26(44)33-21(27(45)32-19)9-6-12-36(48)18(3)39;/h16-21,37-39H,4-15H2,1-3H3,(H,28,41)(H,29,40)(H,30,43)(H,31,42)(H,32,45)(H,33,44);/q-3;+3/t16?,17?,18?,19-,20+,21+;/m1./s1. The van der Waals surface area contributed by atoms with Crippen molar-refractivity contribution in [3.8, 4) is 0 Å². The Kier molecular flexibility index (Phi) is 22.7. The van der Waals surface area contributed by atoms with Crippen LogP contribution < -0.4 is 31.9 Å². The smallest absolute Gasteiger partial charge is 0.783 e. The second-order valence-corrected chi connectivity index (χ2v) is 11.3. The molecule has 0 aromatic rings. The molecule has 1 heterocycles. The molecule has 1 aliphatic rings. The van der Waals surface area contributed by atoms with Gasteiger partial charge in [-0.3, -0.25) is 28.8 Å². The largest absolute Gasteiger partial charge is 3.00 e. The Labute approximate surface area is 294 Å². The van der Waals surface area contributed by atoms with E-state index in [-0.39, 0.29) is 75.2 Å². The fourth-order valence-corrected chi connectivity index (χ4v) is 4.28. The van der Waals surface area contributed by atoms with Crippen molar-refractivity contribution in [2.45, 2.75) is 96.1 Å². The Bertz CT molecular complexity index is 1050. The Morgan fingerprint density at radius 2 is 0.857 bits per heavy atom. The molecule has 21 nitrogen and oxygen atoms in total. The maximum atomic E-state index is 13.5. The molecular formula is C27H48FeN9O12. The van der Waals surface area contributed by atoms with Crippen molar-refractivity contribution < 1.29 is 61.2 Å². The number of aliphatic hydroxyl groups is 3. The summed E-state index contributed by atoms with van der Waals surface area (Å²) >= 11 is 0. The zero-order chi connectivity index (χ0) is 36.4. The maximum absolute atomic E-state index is 13.5. The summed E-state index contributed by atoms with van der Waals surface area (Å²) in [6.45, 7) is 1.28. The van der Waals surface area contributed by atoms with Gasteiger partial charge in [-0.25, -0.2) is 0 Å². The van der Waals surface area contributed by atoms with E-state index in [0.717, 1.165) is 0 Å². The molecule has 0 saturated carbocycles. The number of hydrogen-bond acceptors (Lipinski definition) is 15. The summed E-state index contributed by atoms with van der Waals surface area (Å²) in [6, 6.07) is -4.10. The topological polar surface area (TPSA) is 314 Å². The van der Waals surface area contributed by atoms with E-state index in [4.69, 9.17) is 0 Å². The molecule has 49 heavy (non-hydrogen) atoms. The molecule has 6 amide bonds. The quantitative estimate of drug-likeness (QED) is 0.0434. The molecule has 1 saturated heterocycles. The Hall–Kier alpha value is -3.02. The van der Waals surface area contributed by atoms with Crippen molar-refractivity contribution in [1.82, 2.24) is 47.1 Å². The minimum Gasteiger partial charge on any atom is -0.783 e. The number of aliphatic hydroxyl groups excluding tert-OH is 3. The third-order valence-corrected chi connectivity index (χ3v) is 7.10. The van der Waals surface area contributed by atoms with Crippen LogP contribution in [0.25, 0.3) is 0 Å². The molecule has 1 rings (SSSR count). The van der Waals surface area contributed by atoms with Gasteiger partial charge >= 0.3 is 17.1 Å². The van der Waals surface area contributed by atoms with Crippen LogP contribution >= 0.6 is 0 Å². The van der Waals surface area contributed by atoms with Crippen LogP contribution in [0.15, 0.2) is 0 Å². The number of carbonyl (C=O) groups is 6. The maximum Gasteiger partial charge on any atom is 3.00 e. The monoisotopic (exact) mass is 746 g/mol. The molecule has 1 radical (unpaired) electrons. The molecule has 6 atom stereocenters. The first kappa shape index (κ1) is 46.0. The van der Waals surface area contributed by atoms with Crippen LogP contribution in [-0.4, -0.2) is 142 Å². The predicted octanol–water partition coefficient (Wildman–Crippen LogP) is -4.44. The summed E-state index contributed by atoms with van der Waals surface area (Å²) in [7, 11) is 0. The van der Waals surface area contributed by atoms with Gasteiger partial charge in [0.15, 0.2) is 0 Å². The van der Waals surface area contributed by atoms with E-state index in [1.165, 1.54) is 20.8 Å². The number of nitrogens with one attached hydrogen (secondary N) is 6. The van der Waals surface area contributed by atoms with Crippen LogP contribution in [-0.2, 0) is 45.8 Å². The first-order chi connectivity index (χ1) is 22.5. The van der Waals surface area contributed by atoms with Crippen LogP contribution in [0.1, 0.15) is 59.3 Å². The summed E-state index contributed by atoms with van der Waals surface area (Å²) < 4.78 is 0. The summed E-state index contributed by atoms with van der Waals surface area (Å²) in [5.41, 5.74) is 0. The number of hydrogen-bond donors (Lipinski definition) is 9. The van der Waals surface area contributed by atoms with Gasteiger partial charge in [-0.1, -0.05) is 0 Å². The van der Waals surface area contributed by atoms with E-state index in [2.05, 4.69) is 31.9 Å². The van der Waals surface area contributed by atoms with Gasteiger partial charge in [-0.2, -0.15) is 0 Å². The molecule has 0 spiro atoms. The van der Waals surface area contributed by atoms with Gasteiger partial charge in [0.2, 0.25) is 35.4 Å². The fraction of sp³-hybridized carbons (Fsp3) is 0.778. The first-order valence-corrected chi connectivity index (χ1v) is 15.6. The van der Waals surface area contributed by atoms with E-state index < -0.39 is 91.9 Å². The molecule has 0 aromatic heterocycles. The first-order valence-electron chi connectivity index (χ1n) is 15.6. The number of carbonyl (C=O) groups excluding carboxylic acids is 6. The Balaban J connectivity index is 0.0000230. The number of rotatable bonds is 15. The fourth-order valence-electron chi connectivity index (χ4n) is 4.28. The van der Waals surface area contributed by atoms with Crippen molar-refractivity contribution in [3.05, 3.63) is 15.6 Å². The summed E-state index contributed by atoms with van der Waals surface area (Å²) in [6.07, 6.45) is -4.49. The minimum absolute atomic E-state index is 0. The van der Waals surface area contributed by atoms with Crippen LogP contribution in [0.2, 0.25) is 0 Å². The summed E-state index contributed by atoms with van der Waals surface area (Å²) in [4.78, 5) is 77.0. The molecule has 0 aliphatic carbocycles. The zero-order valence-corrected chi connectivity index (χ0v) is 28.8. The van der Waals surface area contributed by atoms with Gasteiger partial charge in [0.1, 0.15) is 18.1 Å². The van der Waals surface area contributed by atoms with Gasteiger partial charge < -0.3 is 78.0 Å². The molecular weight excluding hydrogens is 698 g/mol. The molecule has 9 N–H and O–H groups in total. The van der Waals surface area contributed by atoms with E-state index in [1.807, 2.05) is 0 Å². The Morgan fingerprint density at radius 1 is 0.551 bits per heavy atom. The van der Waals surface area contributed by atoms with Crippen molar-refractivity contribution in [3.63, 3.8) is 0 Å². The van der Waals surface area contributed by atoms with Gasteiger partial charge in [0.25, 0.3) is 0 Å². The number of nitrogens with zero attached hydrogens (tertiary/aromatic N) is 3. The van der Waals surface area contributed by atoms with Crippen LogP contribution in [0.4, 0.5) is 0 Å². The second-order valence-electron chi connectivity index (χ2n) is 11.3. The molecule has 22 heteroatoms. The van der Waals surface area contributed by atoms with Crippen molar-refractivity contribution >= 4 is 35.4 Å². The molecule has 3 unspecified atom stereocenters. The molecule has 1 fully saturated rings. The Morgan fingerprint density at radius 3 is 1.22 bits per heavy atom. The summed E-state index contributed by atoms with van der Waals surface area (Å²) in [5, 5.41) is 79.2. The van der Waals surface area contributed by atoms with E-state index in [9.17, 15) is 59.7 Å². The van der Waals surface area contributed by atoms with Crippen molar-refractivity contribution in [2.24, 2.45) is 0 Å². The van der Waals surface area contributed by atoms with E-state index in [0.29, 0.717) is 15.2 Å². The molecule has 0 bridgehead atoms. The van der Waals surface area contributed by atoms with Gasteiger partial charge in [0.05, 0.1) is 38.3 Å². The third kappa shape index (κ3) is 19.1. The molecule has 281 valence electrons. The predicted molar refractivity (Wildman–Crippen MR) is 168 cm³/mol. The average molecular weight is 747 g/mol. The van der Waals surface area contributed by atoms with E-state index >= 15 is 0 Å². The second kappa shape index (κ2) is 24.2. The number of amides is 6. The molecule has 0 aromatic carbocycles. The SMILES string of the molecule is CC(O)N([O-])CCC[C@@H]1NC(=O)CNC(=O)CNC(=O)CNC(=O)[C@@H](CCCN([O-])C(C)O)NC(=O)[C@H](CCCN([O-])C(C)O)NC1=O.[Fe+3]. The van der Waals surface area contributed by atoms with Crippen molar-refractivity contribution in [1.29, 1.82) is 0 Å². The number of hydroxylamine groups is 6. The third-order valence-electron chi connectivity index (χ3n) is 7.10. The van der Waals surface area contributed by atoms with Crippen molar-refractivity contribution in [2.75, 3.05) is 39.3 Å². The molecule has 1 aliphatic heterocycles. The zero-order valence-electron chi connectivity index (χ0n) is 27.7. The van der Waals surface area contributed by atoms with E-state index in [1.54, 1.807) is 0 Å². The minimum atomic E-state index is -1.40. The normalized spacial score (nSPS) is 22.4. The van der Waals surface area contributed by atoms with Crippen LogP contribution in [0.3, 0.4) is 0 Å². The van der Waals surface area contributed by atoms with Crippen LogP contribution in [0, 0.1) is 15.6 Å². The van der Waals surface area contributed by atoms with Crippen LogP contribution in [0.5, 0.6) is 0 Å².